The van der Waals surface area contributed by atoms with E-state index >= 15 is 0 Å². The zero-order valence-electron chi connectivity index (χ0n) is 18.3. The molecule has 0 radical (unpaired) electrons. The summed E-state index contributed by atoms with van der Waals surface area (Å²) < 4.78 is 5.12. The van der Waals surface area contributed by atoms with Crippen LogP contribution in [0.4, 0.5) is 10.5 Å². The Balaban J connectivity index is 1.35. The standard InChI is InChI=1S/C23H29N3O5/c1-15-10-22(2,3)14-23(11-15)20(29)26(21(30)24-23)12-19(28)31-13-18(27)25-9-8-16-6-4-5-7-17(16)25/h4-7,15H,8-14H2,1-3H3,(H,24,30)/t15-,23-/m1/s1. The SMILES string of the molecule is C[C@@H]1CC(C)(C)C[C@@]2(C1)NC(=O)N(CC(=O)OCC(=O)N1CCc3ccccc31)C2=O. The van der Waals surface area contributed by atoms with Crippen LogP contribution in [0.3, 0.4) is 0 Å². The Bertz CT molecular complexity index is 943. The van der Waals surface area contributed by atoms with Crippen LogP contribution in [0.1, 0.15) is 45.6 Å². The number of para-hydroxylation sites is 1. The zero-order chi connectivity index (χ0) is 22.4. The van der Waals surface area contributed by atoms with Crippen molar-refractivity contribution in [2.24, 2.45) is 11.3 Å². The summed E-state index contributed by atoms with van der Waals surface area (Å²) in [6, 6.07) is 7.03. The highest BCUT2D eigenvalue weighted by atomic mass is 16.5. The Morgan fingerprint density at radius 2 is 1.94 bits per heavy atom. The zero-order valence-corrected chi connectivity index (χ0v) is 18.3. The summed E-state index contributed by atoms with van der Waals surface area (Å²) in [5, 5.41) is 2.84. The molecule has 0 aromatic heterocycles. The van der Waals surface area contributed by atoms with Crippen LogP contribution >= 0.6 is 0 Å². The Morgan fingerprint density at radius 1 is 1.19 bits per heavy atom. The molecule has 1 aromatic rings. The van der Waals surface area contributed by atoms with E-state index in [4.69, 9.17) is 4.74 Å². The molecule has 2 heterocycles. The third kappa shape index (κ3) is 4.03. The summed E-state index contributed by atoms with van der Waals surface area (Å²) in [5.74, 6) is -1.20. The summed E-state index contributed by atoms with van der Waals surface area (Å²) >= 11 is 0. The van der Waals surface area contributed by atoms with Crippen molar-refractivity contribution in [1.29, 1.82) is 0 Å². The van der Waals surface area contributed by atoms with Gasteiger partial charge in [0, 0.05) is 12.2 Å². The molecule has 4 rings (SSSR count). The van der Waals surface area contributed by atoms with Crippen molar-refractivity contribution in [2.45, 2.75) is 52.0 Å². The van der Waals surface area contributed by atoms with E-state index in [0.29, 0.717) is 19.4 Å². The quantitative estimate of drug-likeness (QED) is 0.587. The molecule has 1 N–H and O–H groups in total. The van der Waals surface area contributed by atoms with Gasteiger partial charge in [0.2, 0.25) is 0 Å². The van der Waals surface area contributed by atoms with Gasteiger partial charge < -0.3 is 15.0 Å². The lowest BCUT2D eigenvalue weighted by atomic mass is 9.64. The van der Waals surface area contributed by atoms with Gasteiger partial charge in [-0.3, -0.25) is 19.3 Å². The van der Waals surface area contributed by atoms with Crippen LogP contribution in [0.5, 0.6) is 0 Å². The van der Waals surface area contributed by atoms with Crippen molar-refractivity contribution < 1.29 is 23.9 Å². The molecule has 2 fully saturated rings. The fourth-order valence-corrected chi connectivity index (χ4v) is 5.64. The van der Waals surface area contributed by atoms with Crippen LogP contribution in [-0.4, -0.2) is 54.0 Å². The number of hydrogen-bond acceptors (Lipinski definition) is 5. The summed E-state index contributed by atoms with van der Waals surface area (Å²) in [5.41, 5.74) is 0.855. The second kappa shape index (κ2) is 7.66. The lowest BCUT2D eigenvalue weighted by Crippen LogP contribution is -2.54. The molecule has 166 valence electrons. The second-order valence-corrected chi connectivity index (χ2v) is 9.84. The monoisotopic (exact) mass is 427 g/mol. The summed E-state index contributed by atoms with van der Waals surface area (Å²) in [4.78, 5) is 53.0. The number of anilines is 1. The van der Waals surface area contributed by atoms with Gasteiger partial charge >= 0.3 is 12.0 Å². The number of rotatable bonds is 4. The maximum atomic E-state index is 13.1. The lowest BCUT2D eigenvalue weighted by molar-refractivity contribution is -0.151. The van der Waals surface area contributed by atoms with Gasteiger partial charge in [-0.25, -0.2) is 4.79 Å². The van der Waals surface area contributed by atoms with Gasteiger partial charge in [0.25, 0.3) is 11.8 Å². The molecule has 0 unspecified atom stereocenters. The molecule has 1 aliphatic carbocycles. The Hall–Kier alpha value is -2.90. The van der Waals surface area contributed by atoms with Gasteiger partial charge in [-0.2, -0.15) is 0 Å². The van der Waals surface area contributed by atoms with Gasteiger partial charge in [0.15, 0.2) is 6.61 Å². The van der Waals surface area contributed by atoms with Crippen LogP contribution in [0.25, 0.3) is 0 Å². The highest BCUT2D eigenvalue weighted by Crippen LogP contribution is 2.46. The van der Waals surface area contributed by atoms with Crippen LogP contribution < -0.4 is 10.2 Å². The van der Waals surface area contributed by atoms with Crippen molar-refractivity contribution in [1.82, 2.24) is 10.2 Å². The number of urea groups is 1. The number of carbonyl (C=O) groups excluding carboxylic acids is 4. The normalized spacial score (nSPS) is 26.7. The molecule has 31 heavy (non-hydrogen) atoms. The third-order valence-corrected chi connectivity index (χ3v) is 6.46. The molecule has 2 atom stereocenters. The van der Waals surface area contributed by atoms with Gasteiger partial charge in [-0.15, -0.1) is 0 Å². The van der Waals surface area contributed by atoms with E-state index in [-0.39, 0.29) is 23.1 Å². The van der Waals surface area contributed by atoms with Crippen molar-refractivity contribution in [2.75, 3.05) is 24.6 Å². The molecule has 3 aliphatic rings. The van der Waals surface area contributed by atoms with E-state index in [1.807, 2.05) is 24.3 Å². The highest BCUT2D eigenvalue weighted by Gasteiger charge is 2.56. The van der Waals surface area contributed by atoms with Crippen molar-refractivity contribution >= 4 is 29.5 Å². The predicted octanol–water partition coefficient (Wildman–Crippen LogP) is 2.26. The van der Waals surface area contributed by atoms with Gasteiger partial charge in [-0.05, 0) is 48.6 Å². The van der Waals surface area contributed by atoms with Crippen molar-refractivity contribution in [3.63, 3.8) is 0 Å². The van der Waals surface area contributed by atoms with E-state index in [9.17, 15) is 19.2 Å². The summed E-state index contributed by atoms with van der Waals surface area (Å²) in [6.07, 6.45) is 2.82. The summed E-state index contributed by atoms with van der Waals surface area (Å²) in [7, 11) is 0. The molecule has 1 aromatic carbocycles. The largest absolute Gasteiger partial charge is 0.454 e. The number of ether oxygens (including phenoxy) is 1. The lowest BCUT2D eigenvalue weighted by Gasteiger charge is -2.43. The minimum Gasteiger partial charge on any atom is -0.454 e. The van der Waals surface area contributed by atoms with Crippen LogP contribution in [0.2, 0.25) is 0 Å². The predicted molar refractivity (Wildman–Crippen MR) is 113 cm³/mol. The van der Waals surface area contributed by atoms with Gasteiger partial charge in [-0.1, -0.05) is 39.0 Å². The number of fused-ring (bicyclic) bond motifs is 1. The van der Waals surface area contributed by atoms with Crippen molar-refractivity contribution in [3.8, 4) is 0 Å². The molecule has 1 saturated carbocycles. The number of amides is 4. The number of nitrogens with one attached hydrogen (secondary N) is 1. The number of benzene rings is 1. The number of hydrogen-bond donors (Lipinski definition) is 1. The first-order valence-corrected chi connectivity index (χ1v) is 10.8. The van der Waals surface area contributed by atoms with E-state index in [2.05, 4.69) is 26.1 Å². The molecular weight excluding hydrogens is 398 g/mol. The van der Waals surface area contributed by atoms with Crippen molar-refractivity contribution in [3.05, 3.63) is 29.8 Å². The minimum atomic E-state index is -0.965. The van der Waals surface area contributed by atoms with E-state index in [0.717, 1.165) is 29.0 Å². The first-order chi connectivity index (χ1) is 14.6. The fourth-order valence-electron chi connectivity index (χ4n) is 5.64. The highest BCUT2D eigenvalue weighted by molar-refractivity contribution is 6.09. The average molecular weight is 428 g/mol. The molecule has 0 bridgehead atoms. The molecule has 2 aliphatic heterocycles. The molecule has 1 saturated heterocycles. The Labute approximate surface area is 181 Å². The average Bonchev–Trinajstić information content (AvgIpc) is 3.20. The number of imide groups is 1. The maximum absolute atomic E-state index is 13.1. The number of nitrogens with zero attached hydrogens (tertiary/aromatic N) is 2. The smallest absolute Gasteiger partial charge is 0.326 e. The van der Waals surface area contributed by atoms with E-state index < -0.39 is 30.7 Å². The van der Waals surface area contributed by atoms with Crippen LogP contribution in [0.15, 0.2) is 24.3 Å². The number of carbonyl (C=O) groups is 4. The van der Waals surface area contributed by atoms with E-state index in [1.165, 1.54) is 0 Å². The van der Waals surface area contributed by atoms with Gasteiger partial charge in [0.05, 0.1) is 0 Å². The molecule has 8 nitrogen and oxygen atoms in total. The summed E-state index contributed by atoms with van der Waals surface area (Å²) in [6.45, 7) is 5.86. The minimum absolute atomic E-state index is 0.0877. The van der Waals surface area contributed by atoms with Gasteiger partial charge in [0.1, 0.15) is 12.1 Å². The first-order valence-electron chi connectivity index (χ1n) is 10.8. The molecule has 1 spiro atoms. The van der Waals surface area contributed by atoms with Crippen LogP contribution in [0, 0.1) is 11.3 Å². The Kier molecular flexibility index (Phi) is 5.27. The second-order valence-electron chi connectivity index (χ2n) is 9.84. The molecule has 8 heteroatoms. The Morgan fingerprint density at radius 3 is 2.68 bits per heavy atom. The van der Waals surface area contributed by atoms with Crippen LogP contribution in [-0.2, 0) is 25.5 Å². The maximum Gasteiger partial charge on any atom is 0.326 e. The fraction of sp³-hybridized carbons (Fsp3) is 0.565. The molecule has 4 amide bonds. The van der Waals surface area contributed by atoms with E-state index in [1.54, 1.807) is 4.90 Å². The first kappa shape index (κ1) is 21.3. The number of esters is 1. The molecular formula is C23H29N3O5. The topological polar surface area (TPSA) is 96.0 Å². The third-order valence-electron chi connectivity index (χ3n) is 6.46.